The Morgan fingerprint density at radius 1 is 1.25 bits per heavy atom. The minimum absolute atomic E-state index is 0.00717. The summed E-state index contributed by atoms with van der Waals surface area (Å²) in [6.45, 7) is 5.66. The zero-order valence-corrected chi connectivity index (χ0v) is 12.4. The first-order valence-electron chi connectivity index (χ1n) is 7.12. The van der Waals surface area contributed by atoms with Crippen molar-refractivity contribution in [1.82, 2.24) is 4.90 Å². The van der Waals surface area contributed by atoms with E-state index in [1.807, 2.05) is 25.2 Å². The van der Waals surface area contributed by atoms with Gasteiger partial charge in [-0.05, 0) is 11.5 Å². The van der Waals surface area contributed by atoms with Gasteiger partial charge in [-0.2, -0.15) is 0 Å². The van der Waals surface area contributed by atoms with Crippen LogP contribution < -0.4 is 0 Å². The lowest BCUT2D eigenvalue weighted by Crippen LogP contribution is -2.46. The number of carbonyl (C=O) groups excluding carboxylic acids is 1. The molecule has 0 bridgehead atoms. The highest BCUT2D eigenvalue weighted by molar-refractivity contribution is 5.81. The van der Waals surface area contributed by atoms with Crippen LogP contribution in [0.2, 0.25) is 0 Å². The van der Waals surface area contributed by atoms with Crippen LogP contribution in [0.15, 0.2) is 30.3 Å². The summed E-state index contributed by atoms with van der Waals surface area (Å²) in [6, 6.07) is 10.2. The van der Waals surface area contributed by atoms with Crippen molar-refractivity contribution < 1.29 is 14.3 Å². The first-order chi connectivity index (χ1) is 9.61. The molecule has 1 heterocycles. The average molecular weight is 277 g/mol. The molecule has 0 saturated carbocycles. The van der Waals surface area contributed by atoms with E-state index in [0.717, 1.165) is 5.56 Å². The molecule has 1 aromatic rings. The summed E-state index contributed by atoms with van der Waals surface area (Å²) in [7, 11) is 1.85. The molecule has 1 saturated heterocycles. The molecule has 110 valence electrons. The van der Waals surface area contributed by atoms with Crippen molar-refractivity contribution in [3.63, 3.8) is 0 Å². The molecular formula is C16H23NO3. The molecule has 0 radical (unpaired) electrons. The van der Waals surface area contributed by atoms with Gasteiger partial charge in [-0.3, -0.25) is 4.79 Å². The molecule has 0 aromatic heterocycles. The summed E-state index contributed by atoms with van der Waals surface area (Å²) < 4.78 is 10.8. The monoisotopic (exact) mass is 277 g/mol. The first kappa shape index (κ1) is 15.0. The standard InChI is InChI=1S/C16H23NO3/c1-12(2)15(13-7-5-4-6-8-13)17(3)16(18)14-11-19-9-10-20-14/h4-8,12,14-15H,9-11H2,1-3H3. The number of ether oxygens (including phenoxy) is 2. The molecular weight excluding hydrogens is 254 g/mol. The third-order valence-corrected chi connectivity index (χ3v) is 3.63. The van der Waals surface area contributed by atoms with E-state index in [1.165, 1.54) is 0 Å². The predicted molar refractivity (Wildman–Crippen MR) is 77.4 cm³/mol. The van der Waals surface area contributed by atoms with Crippen molar-refractivity contribution in [3.05, 3.63) is 35.9 Å². The topological polar surface area (TPSA) is 38.8 Å². The fourth-order valence-electron chi connectivity index (χ4n) is 2.70. The van der Waals surface area contributed by atoms with Crippen LogP contribution in [-0.2, 0) is 14.3 Å². The number of amides is 1. The predicted octanol–water partition coefficient (Wildman–Crippen LogP) is 2.26. The zero-order chi connectivity index (χ0) is 14.5. The third kappa shape index (κ3) is 3.38. The van der Waals surface area contributed by atoms with Gasteiger partial charge in [0.05, 0.1) is 25.9 Å². The molecule has 1 amide bonds. The van der Waals surface area contributed by atoms with Crippen LogP contribution in [0.25, 0.3) is 0 Å². The van der Waals surface area contributed by atoms with E-state index < -0.39 is 6.10 Å². The Morgan fingerprint density at radius 3 is 2.50 bits per heavy atom. The molecule has 0 aliphatic carbocycles. The minimum atomic E-state index is -0.473. The van der Waals surface area contributed by atoms with Crippen molar-refractivity contribution in [1.29, 1.82) is 0 Å². The lowest BCUT2D eigenvalue weighted by atomic mass is 9.94. The van der Waals surface area contributed by atoms with Gasteiger partial charge in [-0.25, -0.2) is 0 Å². The fourth-order valence-corrected chi connectivity index (χ4v) is 2.70. The Labute approximate surface area is 120 Å². The molecule has 0 N–H and O–H groups in total. The van der Waals surface area contributed by atoms with Crippen molar-refractivity contribution in [2.75, 3.05) is 26.9 Å². The molecule has 2 unspecified atom stereocenters. The normalized spacial score (nSPS) is 20.7. The van der Waals surface area contributed by atoms with Crippen LogP contribution in [0.3, 0.4) is 0 Å². The van der Waals surface area contributed by atoms with Crippen LogP contribution in [0, 0.1) is 5.92 Å². The van der Waals surface area contributed by atoms with Gasteiger partial charge in [-0.1, -0.05) is 44.2 Å². The van der Waals surface area contributed by atoms with E-state index >= 15 is 0 Å². The summed E-state index contributed by atoms with van der Waals surface area (Å²) >= 11 is 0. The van der Waals surface area contributed by atoms with E-state index in [1.54, 1.807) is 4.90 Å². The molecule has 2 rings (SSSR count). The number of carbonyl (C=O) groups is 1. The van der Waals surface area contributed by atoms with Crippen LogP contribution in [-0.4, -0.2) is 43.8 Å². The highest BCUT2D eigenvalue weighted by Gasteiger charge is 2.31. The fraction of sp³-hybridized carbons (Fsp3) is 0.562. The summed E-state index contributed by atoms with van der Waals surface area (Å²) in [6.07, 6.45) is -0.473. The molecule has 1 fully saturated rings. The average Bonchev–Trinajstić information content (AvgIpc) is 2.48. The molecule has 1 aliphatic heterocycles. The highest BCUT2D eigenvalue weighted by Crippen LogP contribution is 2.28. The highest BCUT2D eigenvalue weighted by atomic mass is 16.6. The number of hydrogen-bond acceptors (Lipinski definition) is 3. The second-order valence-electron chi connectivity index (χ2n) is 5.48. The Bertz CT molecular complexity index is 427. The maximum absolute atomic E-state index is 12.5. The molecule has 4 nitrogen and oxygen atoms in total. The molecule has 20 heavy (non-hydrogen) atoms. The Kier molecular flexibility index (Phi) is 5.15. The number of benzene rings is 1. The lowest BCUT2D eigenvalue weighted by Gasteiger charge is -2.35. The van der Waals surface area contributed by atoms with Crippen LogP contribution in [0.1, 0.15) is 25.5 Å². The molecule has 0 spiro atoms. The van der Waals surface area contributed by atoms with Gasteiger partial charge in [0.25, 0.3) is 5.91 Å². The summed E-state index contributed by atoms with van der Waals surface area (Å²) in [5.41, 5.74) is 1.15. The van der Waals surface area contributed by atoms with Gasteiger partial charge >= 0.3 is 0 Å². The van der Waals surface area contributed by atoms with Gasteiger partial charge in [0.2, 0.25) is 0 Å². The minimum Gasteiger partial charge on any atom is -0.376 e. The van der Waals surface area contributed by atoms with Crippen LogP contribution in [0.5, 0.6) is 0 Å². The first-order valence-corrected chi connectivity index (χ1v) is 7.12. The molecule has 1 aromatic carbocycles. The second-order valence-corrected chi connectivity index (χ2v) is 5.48. The van der Waals surface area contributed by atoms with Crippen molar-refractivity contribution in [2.24, 2.45) is 5.92 Å². The van der Waals surface area contributed by atoms with E-state index in [0.29, 0.717) is 25.7 Å². The van der Waals surface area contributed by atoms with Crippen LogP contribution >= 0.6 is 0 Å². The van der Waals surface area contributed by atoms with E-state index in [2.05, 4.69) is 26.0 Å². The number of rotatable bonds is 4. The summed E-state index contributed by atoms with van der Waals surface area (Å²) in [4.78, 5) is 14.3. The summed E-state index contributed by atoms with van der Waals surface area (Å²) in [5, 5.41) is 0. The van der Waals surface area contributed by atoms with Gasteiger partial charge in [-0.15, -0.1) is 0 Å². The molecule has 4 heteroatoms. The molecule has 2 atom stereocenters. The van der Waals surface area contributed by atoms with E-state index in [-0.39, 0.29) is 11.9 Å². The van der Waals surface area contributed by atoms with Crippen molar-refractivity contribution >= 4 is 5.91 Å². The largest absolute Gasteiger partial charge is 0.376 e. The second kappa shape index (κ2) is 6.86. The van der Waals surface area contributed by atoms with Gasteiger partial charge in [0.15, 0.2) is 6.10 Å². The number of likely N-dealkylation sites (N-methyl/N-ethyl adjacent to an activating group) is 1. The number of nitrogens with zero attached hydrogens (tertiary/aromatic N) is 1. The smallest absolute Gasteiger partial charge is 0.254 e. The van der Waals surface area contributed by atoms with E-state index in [4.69, 9.17) is 9.47 Å². The third-order valence-electron chi connectivity index (χ3n) is 3.63. The van der Waals surface area contributed by atoms with E-state index in [9.17, 15) is 4.79 Å². The Hall–Kier alpha value is -1.39. The Morgan fingerprint density at radius 2 is 1.95 bits per heavy atom. The van der Waals surface area contributed by atoms with Crippen LogP contribution in [0.4, 0.5) is 0 Å². The van der Waals surface area contributed by atoms with Crippen molar-refractivity contribution in [3.8, 4) is 0 Å². The van der Waals surface area contributed by atoms with Crippen molar-refractivity contribution in [2.45, 2.75) is 26.0 Å². The SMILES string of the molecule is CC(C)C(c1ccccc1)N(C)C(=O)C1COCCO1. The number of hydrogen-bond donors (Lipinski definition) is 0. The maximum atomic E-state index is 12.5. The zero-order valence-electron chi connectivity index (χ0n) is 12.4. The van der Waals surface area contributed by atoms with Gasteiger partial charge in [0.1, 0.15) is 0 Å². The maximum Gasteiger partial charge on any atom is 0.254 e. The molecule has 1 aliphatic rings. The summed E-state index contributed by atoms with van der Waals surface area (Å²) in [5.74, 6) is 0.322. The Balaban J connectivity index is 2.14. The van der Waals surface area contributed by atoms with Gasteiger partial charge in [0, 0.05) is 7.05 Å². The van der Waals surface area contributed by atoms with Gasteiger partial charge < -0.3 is 14.4 Å². The lowest BCUT2D eigenvalue weighted by molar-refractivity contribution is -0.159. The quantitative estimate of drug-likeness (QED) is 0.847.